The van der Waals surface area contributed by atoms with Crippen LogP contribution in [0, 0.1) is 18.3 Å². The molecule has 208 valence electrons. The van der Waals surface area contributed by atoms with E-state index >= 15 is 0 Å². The lowest BCUT2D eigenvalue weighted by atomic mass is 9.83. The summed E-state index contributed by atoms with van der Waals surface area (Å²) in [6, 6.07) is 5.73. The first-order valence-electron chi connectivity index (χ1n) is 14.0. The fraction of sp³-hybridized carbons (Fsp3) is 0.724. The van der Waals surface area contributed by atoms with Crippen molar-refractivity contribution < 1.29 is 28.9 Å². The van der Waals surface area contributed by atoms with Crippen LogP contribution in [0.1, 0.15) is 77.2 Å². The number of hydrogen-bond donors (Lipinski definition) is 1. The number of hydrogen-bond acceptors (Lipinski definition) is 7. The number of carboxylic acid groups (broad SMARTS) is 1. The van der Waals surface area contributed by atoms with Gasteiger partial charge in [-0.05, 0) is 69.4 Å². The third-order valence-electron chi connectivity index (χ3n) is 7.68. The number of aliphatic carboxylic acids is 1. The Morgan fingerprint density at radius 2 is 1.89 bits per heavy atom. The zero-order chi connectivity index (χ0) is 26.5. The van der Waals surface area contributed by atoms with Crippen LogP contribution in [0.5, 0.6) is 11.5 Å². The van der Waals surface area contributed by atoms with Crippen molar-refractivity contribution in [3.63, 3.8) is 0 Å². The van der Waals surface area contributed by atoms with E-state index in [2.05, 4.69) is 17.0 Å². The van der Waals surface area contributed by atoms with Crippen molar-refractivity contribution in [3.8, 4) is 11.5 Å². The minimum Gasteiger partial charge on any atom is -0.490 e. The minimum absolute atomic E-state index is 0.171. The van der Waals surface area contributed by atoms with Gasteiger partial charge in [0.25, 0.3) is 0 Å². The van der Waals surface area contributed by atoms with Crippen LogP contribution in [0.3, 0.4) is 0 Å². The van der Waals surface area contributed by atoms with E-state index in [1.54, 1.807) is 0 Å². The molecule has 2 aliphatic heterocycles. The predicted octanol–water partition coefficient (Wildman–Crippen LogP) is 5.66. The molecule has 3 rings (SSSR count). The molecule has 8 heteroatoms. The summed E-state index contributed by atoms with van der Waals surface area (Å²) in [5.41, 5.74) is 0.240. The lowest BCUT2D eigenvalue weighted by molar-refractivity contribution is -0.150. The van der Waals surface area contributed by atoms with Gasteiger partial charge in [0.15, 0.2) is 5.75 Å². The average Bonchev–Trinajstić information content (AvgIpc) is 2.90. The Morgan fingerprint density at radius 1 is 1.16 bits per heavy atom. The third kappa shape index (κ3) is 9.49. The number of oxime groups is 1. The van der Waals surface area contributed by atoms with E-state index in [0.717, 1.165) is 89.0 Å². The second-order valence-corrected chi connectivity index (χ2v) is 10.8. The van der Waals surface area contributed by atoms with Gasteiger partial charge in [-0.15, -0.1) is 0 Å². The van der Waals surface area contributed by atoms with Gasteiger partial charge in [-0.25, -0.2) is 0 Å². The van der Waals surface area contributed by atoms with Crippen LogP contribution in [0.15, 0.2) is 23.4 Å². The molecule has 0 bridgehead atoms. The van der Waals surface area contributed by atoms with Gasteiger partial charge in [-0.2, -0.15) is 0 Å². The van der Waals surface area contributed by atoms with Crippen molar-refractivity contribution in [2.24, 2.45) is 16.5 Å². The van der Waals surface area contributed by atoms with Crippen molar-refractivity contribution in [3.05, 3.63) is 23.8 Å². The maximum atomic E-state index is 12.0. The number of carboxylic acids is 1. The van der Waals surface area contributed by atoms with Gasteiger partial charge in [0.1, 0.15) is 11.9 Å². The quantitative estimate of drug-likeness (QED) is 0.139. The number of unbranched alkanes of at least 4 members (excludes halogenated alkanes) is 3. The molecule has 0 radical (unpaired) electrons. The highest BCUT2D eigenvalue weighted by molar-refractivity contribution is 5.74. The average molecular weight is 519 g/mol. The van der Waals surface area contributed by atoms with Gasteiger partial charge in [0.05, 0.1) is 25.2 Å². The zero-order valence-corrected chi connectivity index (χ0v) is 23.0. The van der Waals surface area contributed by atoms with Crippen LogP contribution in [-0.2, 0) is 14.3 Å². The Labute approximate surface area is 222 Å². The lowest BCUT2D eigenvalue weighted by Crippen LogP contribution is -2.45. The summed E-state index contributed by atoms with van der Waals surface area (Å²) >= 11 is 0. The monoisotopic (exact) mass is 518 g/mol. The smallest absolute Gasteiger partial charge is 0.310 e. The summed E-state index contributed by atoms with van der Waals surface area (Å²) in [5, 5.41) is 13.8. The maximum absolute atomic E-state index is 12.0. The number of likely N-dealkylation sites (tertiary alicyclic amines) is 1. The highest BCUT2D eigenvalue weighted by Crippen LogP contribution is 2.30. The molecular formula is C29H46N2O6. The number of carbonyl (C=O) groups is 1. The van der Waals surface area contributed by atoms with E-state index in [1.807, 2.05) is 32.0 Å². The van der Waals surface area contributed by atoms with Crippen molar-refractivity contribution in [2.45, 2.75) is 84.7 Å². The van der Waals surface area contributed by atoms with E-state index in [-0.39, 0.29) is 6.10 Å². The molecule has 1 unspecified atom stereocenters. The van der Waals surface area contributed by atoms with Gasteiger partial charge < -0.3 is 29.1 Å². The normalized spacial score (nSPS) is 19.5. The van der Waals surface area contributed by atoms with Crippen LogP contribution in [-0.4, -0.2) is 67.9 Å². The Hall–Kier alpha value is -2.32. The molecule has 1 aromatic rings. The fourth-order valence-corrected chi connectivity index (χ4v) is 5.08. The van der Waals surface area contributed by atoms with Crippen molar-refractivity contribution >= 4 is 12.4 Å². The van der Waals surface area contributed by atoms with E-state index < -0.39 is 11.4 Å². The molecule has 2 heterocycles. The number of benzene rings is 1. The van der Waals surface area contributed by atoms with Gasteiger partial charge in [0, 0.05) is 24.9 Å². The first kappa shape index (κ1) is 29.2. The second-order valence-electron chi connectivity index (χ2n) is 10.8. The van der Waals surface area contributed by atoms with Gasteiger partial charge in [-0.1, -0.05) is 38.7 Å². The maximum Gasteiger partial charge on any atom is 0.310 e. The van der Waals surface area contributed by atoms with Crippen LogP contribution < -0.4 is 9.57 Å². The van der Waals surface area contributed by atoms with E-state index in [1.165, 1.54) is 12.8 Å². The molecular weight excluding hydrogens is 472 g/mol. The summed E-state index contributed by atoms with van der Waals surface area (Å²) < 4.78 is 17.2. The number of nitrogens with zero attached hydrogens (tertiary/aromatic N) is 2. The van der Waals surface area contributed by atoms with E-state index in [0.29, 0.717) is 24.8 Å². The number of piperidine rings is 1. The van der Waals surface area contributed by atoms with Crippen LogP contribution in [0.25, 0.3) is 0 Å². The van der Waals surface area contributed by atoms with Gasteiger partial charge >= 0.3 is 5.97 Å². The molecule has 1 atom stereocenters. The molecule has 2 fully saturated rings. The third-order valence-corrected chi connectivity index (χ3v) is 7.68. The van der Waals surface area contributed by atoms with E-state index in [9.17, 15) is 9.90 Å². The Kier molecular flexibility index (Phi) is 12.0. The Balaban J connectivity index is 1.36. The van der Waals surface area contributed by atoms with E-state index in [4.69, 9.17) is 19.0 Å². The molecule has 37 heavy (non-hydrogen) atoms. The van der Waals surface area contributed by atoms with Crippen molar-refractivity contribution in [1.29, 1.82) is 0 Å². The summed E-state index contributed by atoms with van der Waals surface area (Å²) in [5.74, 6) is 1.21. The van der Waals surface area contributed by atoms with Crippen LogP contribution >= 0.6 is 0 Å². The highest BCUT2D eigenvalue weighted by atomic mass is 16.6. The largest absolute Gasteiger partial charge is 0.490 e. The summed E-state index contributed by atoms with van der Waals surface area (Å²) in [6.07, 6.45) is 10.5. The Bertz CT molecular complexity index is 849. The Morgan fingerprint density at radius 3 is 2.59 bits per heavy atom. The van der Waals surface area contributed by atoms with Gasteiger partial charge in [0.2, 0.25) is 6.40 Å². The first-order valence-corrected chi connectivity index (χ1v) is 14.0. The lowest BCUT2D eigenvalue weighted by Gasteiger charge is -2.37. The minimum atomic E-state index is -0.679. The van der Waals surface area contributed by atoms with Crippen LogP contribution in [0.2, 0.25) is 0 Å². The molecule has 1 aromatic carbocycles. The molecule has 0 aromatic heterocycles. The first-order chi connectivity index (χ1) is 17.9. The number of rotatable bonds is 15. The topological polar surface area (TPSA) is 89.8 Å². The van der Waals surface area contributed by atoms with Gasteiger partial charge in [-0.3, -0.25) is 4.79 Å². The molecule has 2 saturated heterocycles. The second kappa shape index (κ2) is 15.2. The van der Waals surface area contributed by atoms with Crippen molar-refractivity contribution in [1.82, 2.24) is 4.90 Å². The molecule has 2 aliphatic rings. The molecule has 1 N–H and O–H groups in total. The summed E-state index contributed by atoms with van der Waals surface area (Å²) in [6.45, 7) is 10.5. The zero-order valence-electron chi connectivity index (χ0n) is 23.0. The molecule has 0 amide bonds. The molecule has 8 nitrogen and oxygen atoms in total. The van der Waals surface area contributed by atoms with Crippen molar-refractivity contribution in [2.75, 3.05) is 39.5 Å². The number of ether oxygens (including phenoxy) is 3. The molecule has 0 spiro atoms. The van der Waals surface area contributed by atoms with Crippen LogP contribution in [0.4, 0.5) is 0 Å². The summed E-state index contributed by atoms with van der Waals surface area (Å²) in [7, 11) is 0. The highest BCUT2D eigenvalue weighted by Gasteiger charge is 2.35. The SMILES string of the molecule is CCCCCCC(C)(CN1CCC(CO/C=N/Oc2cccc(OC3CCOCC3)c2C)CC1)C(=O)O. The molecule has 0 aliphatic carbocycles. The standard InChI is InChI=1S/C29H46N2O6/c1-4-5-6-7-15-29(3,28(32)33)21-31-16-11-24(12-17-31)20-35-22-30-37-27-10-8-9-26(23(27)2)36-25-13-18-34-19-14-25/h8-10,22,24-25H,4-7,11-21H2,1-3H3,(H,32,33)/b30-22+. The predicted molar refractivity (Wildman–Crippen MR) is 144 cm³/mol. The molecule has 0 saturated carbocycles. The summed E-state index contributed by atoms with van der Waals surface area (Å²) in [4.78, 5) is 19.9. The fourth-order valence-electron chi connectivity index (χ4n) is 5.08.